The van der Waals surface area contributed by atoms with Gasteiger partial charge in [-0.05, 0) is 56.2 Å². The first-order valence-electron chi connectivity index (χ1n) is 7.44. The minimum absolute atomic E-state index is 0.201. The van der Waals surface area contributed by atoms with Gasteiger partial charge in [0, 0.05) is 6.42 Å². The van der Waals surface area contributed by atoms with Gasteiger partial charge in [0.05, 0.1) is 0 Å². The Bertz CT molecular complexity index is 408. The molecule has 0 N–H and O–H groups in total. The van der Waals surface area contributed by atoms with Crippen molar-refractivity contribution in [2.75, 3.05) is 0 Å². The van der Waals surface area contributed by atoms with Crippen LogP contribution in [-0.2, 0) is 11.2 Å². The van der Waals surface area contributed by atoms with Crippen molar-refractivity contribution in [1.82, 2.24) is 0 Å². The normalized spacial score (nSPS) is 23.1. The van der Waals surface area contributed by atoms with Gasteiger partial charge in [-0.3, -0.25) is 4.79 Å². The van der Waals surface area contributed by atoms with E-state index in [-0.39, 0.29) is 5.78 Å². The molecule has 0 aliphatic heterocycles. The van der Waals surface area contributed by atoms with Gasteiger partial charge in [-0.25, -0.2) is 0 Å². The number of Topliss-reactive ketones (excluding diaryl/α,β-unsaturated/α-hetero) is 1. The molecular weight excluding hydrogens is 236 g/mol. The summed E-state index contributed by atoms with van der Waals surface area (Å²) >= 11 is 0. The fourth-order valence-electron chi connectivity index (χ4n) is 2.94. The first-order valence-corrected chi connectivity index (χ1v) is 7.44. The molecule has 0 aromatic heterocycles. The van der Waals surface area contributed by atoms with Crippen LogP contribution in [0.2, 0.25) is 0 Å². The van der Waals surface area contributed by atoms with Gasteiger partial charge in [0.15, 0.2) is 0 Å². The third kappa shape index (κ3) is 4.09. The molecule has 1 aromatic rings. The van der Waals surface area contributed by atoms with Crippen molar-refractivity contribution in [2.24, 2.45) is 5.92 Å². The number of rotatable bonds is 5. The van der Waals surface area contributed by atoms with Crippen LogP contribution >= 0.6 is 0 Å². The third-order valence-corrected chi connectivity index (χ3v) is 4.03. The molecule has 1 aliphatic rings. The zero-order valence-electron chi connectivity index (χ0n) is 12.0. The molecule has 2 nitrogen and oxygen atoms in total. The Labute approximate surface area is 116 Å². The first-order chi connectivity index (χ1) is 9.19. The van der Waals surface area contributed by atoms with Crippen LogP contribution in [0.5, 0.6) is 5.75 Å². The Kier molecular flexibility index (Phi) is 5.00. The van der Waals surface area contributed by atoms with Crippen LogP contribution < -0.4 is 4.74 Å². The standard InChI is InChI=1S/C17H24O2/c1-3-15-6-4-5-7-17(15)19-16-10-8-14(9-11-16)12-13(2)18/h8-11,15,17H,3-7,12H2,1-2H3. The molecule has 2 rings (SSSR count). The van der Waals surface area contributed by atoms with E-state index in [9.17, 15) is 4.79 Å². The Morgan fingerprint density at radius 3 is 2.53 bits per heavy atom. The Morgan fingerprint density at radius 2 is 1.89 bits per heavy atom. The summed E-state index contributed by atoms with van der Waals surface area (Å²) in [5.41, 5.74) is 1.07. The number of benzene rings is 1. The van der Waals surface area contributed by atoms with Crippen molar-refractivity contribution in [3.05, 3.63) is 29.8 Å². The van der Waals surface area contributed by atoms with Crippen LogP contribution in [0, 0.1) is 5.92 Å². The van der Waals surface area contributed by atoms with Crippen molar-refractivity contribution in [2.45, 2.75) is 58.5 Å². The molecule has 104 valence electrons. The van der Waals surface area contributed by atoms with Gasteiger partial charge in [-0.2, -0.15) is 0 Å². The maximum atomic E-state index is 11.1. The van der Waals surface area contributed by atoms with E-state index in [1.54, 1.807) is 6.92 Å². The minimum Gasteiger partial charge on any atom is -0.490 e. The second-order valence-corrected chi connectivity index (χ2v) is 5.63. The molecule has 0 heterocycles. The molecule has 0 bridgehead atoms. The summed E-state index contributed by atoms with van der Waals surface area (Å²) in [7, 11) is 0. The predicted molar refractivity (Wildman–Crippen MR) is 77.5 cm³/mol. The quantitative estimate of drug-likeness (QED) is 0.794. The van der Waals surface area contributed by atoms with Gasteiger partial charge in [-0.15, -0.1) is 0 Å². The molecule has 2 heteroatoms. The van der Waals surface area contributed by atoms with E-state index in [0.29, 0.717) is 18.4 Å². The Balaban J connectivity index is 1.96. The van der Waals surface area contributed by atoms with Gasteiger partial charge in [0.25, 0.3) is 0 Å². The molecule has 1 aliphatic carbocycles. The highest BCUT2D eigenvalue weighted by molar-refractivity contribution is 5.78. The number of carbonyl (C=O) groups excluding carboxylic acids is 1. The SMILES string of the molecule is CCC1CCCCC1Oc1ccc(CC(C)=O)cc1. The van der Waals surface area contributed by atoms with Crippen LogP contribution in [0.1, 0.15) is 51.5 Å². The minimum atomic E-state index is 0.201. The Morgan fingerprint density at radius 1 is 1.21 bits per heavy atom. The molecule has 2 atom stereocenters. The number of carbonyl (C=O) groups is 1. The fraction of sp³-hybridized carbons (Fsp3) is 0.588. The highest BCUT2D eigenvalue weighted by atomic mass is 16.5. The van der Waals surface area contributed by atoms with Crippen LogP contribution in [0.4, 0.5) is 0 Å². The second kappa shape index (κ2) is 6.74. The van der Waals surface area contributed by atoms with E-state index in [2.05, 4.69) is 6.92 Å². The van der Waals surface area contributed by atoms with Crippen molar-refractivity contribution < 1.29 is 9.53 Å². The average Bonchev–Trinajstić information content (AvgIpc) is 2.41. The topological polar surface area (TPSA) is 26.3 Å². The summed E-state index contributed by atoms with van der Waals surface area (Å²) in [6.07, 6.45) is 7.18. The molecule has 1 saturated carbocycles. The molecule has 0 radical (unpaired) electrons. The summed E-state index contributed by atoms with van der Waals surface area (Å²) in [6.45, 7) is 3.88. The number of ketones is 1. The van der Waals surface area contributed by atoms with Crippen LogP contribution in [0.25, 0.3) is 0 Å². The monoisotopic (exact) mass is 260 g/mol. The average molecular weight is 260 g/mol. The van der Waals surface area contributed by atoms with Crippen molar-refractivity contribution in [1.29, 1.82) is 0 Å². The van der Waals surface area contributed by atoms with Gasteiger partial charge < -0.3 is 4.74 Å². The largest absolute Gasteiger partial charge is 0.490 e. The zero-order chi connectivity index (χ0) is 13.7. The van der Waals surface area contributed by atoms with E-state index < -0.39 is 0 Å². The van der Waals surface area contributed by atoms with E-state index >= 15 is 0 Å². The lowest BCUT2D eigenvalue weighted by molar-refractivity contribution is -0.116. The lowest BCUT2D eigenvalue weighted by Crippen LogP contribution is -2.29. The molecule has 0 amide bonds. The fourth-order valence-corrected chi connectivity index (χ4v) is 2.94. The van der Waals surface area contributed by atoms with E-state index in [1.807, 2.05) is 24.3 Å². The van der Waals surface area contributed by atoms with Crippen LogP contribution in [-0.4, -0.2) is 11.9 Å². The zero-order valence-corrected chi connectivity index (χ0v) is 12.0. The molecular formula is C17H24O2. The van der Waals surface area contributed by atoms with Crippen LogP contribution in [0.15, 0.2) is 24.3 Å². The first kappa shape index (κ1) is 14.1. The van der Waals surface area contributed by atoms with Gasteiger partial charge in [-0.1, -0.05) is 25.5 Å². The lowest BCUT2D eigenvalue weighted by atomic mass is 9.85. The van der Waals surface area contributed by atoms with Gasteiger partial charge in [0.2, 0.25) is 0 Å². The van der Waals surface area contributed by atoms with E-state index in [1.165, 1.54) is 32.1 Å². The number of hydrogen-bond acceptors (Lipinski definition) is 2. The van der Waals surface area contributed by atoms with Crippen molar-refractivity contribution in [3.8, 4) is 5.75 Å². The molecule has 19 heavy (non-hydrogen) atoms. The third-order valence-electron chi connectivity index (χ3n) is 4.03. The lowest BCUT2D eigenvalue weighted by Gasteiger charge is -2.31. The number of ether oxygens (including phenoxy) is 1. The maximum absolute atomic E-state index is 11.1. The molecule has 0 spiro atoms. The molecule has 2 unspecified atom stereocenters. The summed E-state index contributed by atoms with van der Waals surface area (Å²) in [5, 5.41) is 0. The Hall–Kier alpha value is -1.31. The van der Waals surface area contributed by atoms with Crippen LogP contribution in [0.3, 0.4) is 0 Å². The van der Waals surface area contributed by atoms with Gasteiger partial charge >= 0.3 is 0 Å². The predicted octanol–water partition coefficient (Wildman–Crippen LogP) is 4.17. The van der Waals surface area contributed by atoms with E-state index in [0.717, 1.165) is 11.3 Å². The summed E-state index contributed by atoms with van der Waals surface area (Å²) < 4.78 is 6.13. The summed E-state index contributed by atoms with van der Waals surface area (Å²) in [6, 6.07) is 8.00. The van der Waals surface area contributed by atoms with Crippen molar-refractivity contribution in [3.63, 3.8) is 0 Å². The van der Waals surface area contributed by atoms with Crippen molar-refractivity contribution >= 4 is 5.78 Å². The molecule has 1 fully saturated rings. The highest BCUT2D eigenvalue weighted by Gasteiger charge is 2.25. The smallest absolute Gasteiger partial charge is 0.134 e. The maximum Gasteiger partial charge on any atom is 0.134 e. The second-order valence-electron chi connectivity index (χ2n) is 5.63. The highest BCUT2D eigenvalue weighted by Crippen LogP contribution is 2.30. The summed E-state index contributed by atoms with van der Waals surface area (Å²) in [4.78, 5) is 11.1. The van der Waals surface area contributed by atoms with Gasteiger partial charge in [0.1, 0.15) is 17.6 Å². The summed E-state index contributed by atoms with van der Waals surface area (Å²) in [5.74, 6) is 1.84. The molecule has 1 aromatic carbocycles. The molecule has 0 saturated heterocycles. The number of hydrogen-bond donors (Lipinski definition) is 0. The van der Waals surface area contributed by atoms with E-state index in [4.69, 9.17) is 4.74 Å².